The van der Waals surface area contributed by atoms with Crippen LogP contribution in [0.15, 0.2) is 12.1 Å². The Morgan fingerprint density at radius 1 is 1.16 bits per heavy atom. The molecule has 2 atom stereocenters. The average molecular weight is 531 g/mol. The molecule has 206 valence electrons. The largest absolute Gasteiger partial charge is 0.481 e. The third kappa shape index (κ3) is 6.43. The normalized spacial score (nSPS) is 16.7. The Morgan fingerprint density at radius 3 is 2.32 bits per heavy atom. The van der Waals surface area contributed by atoms with Crippen LogP contribution in [0.1, 0.15) is 83.3 Å². The fourth-order valence-corrected chi connectivity index (χ4v) is 3.98. The number of aryl methyl sites for hydroxylation is 1. The Labute approximate surface area is 220 Å². The maximum atomic E-state index is 15.0. The van der Waals surface area contributed by atoms with Crippen LogP contribution in [-0.2, 0) is 14.3 Å². The first-order valence-corrected chi connectivity index (χ1v) is 12.5. The highest BCUT2D eigenvalue weighted by atomic mass is 19.1. The summed E-state index contributed by atoms with van der Waals surface area (Å²) in [5, 5.41) is 15.6. The molecule has 11 heteroatoms. The van der Waals surface area contributed by atoms with E-state index in [4.69, 9.17) is 4.74 Å². The number of anilines is 1. The van der Waals surface area contributed by atoms with E-state index in [1.54, 1.807) is 34.6 Å². The lowest BCUT2D eigenvalue weighted by Gasteiger charge is -2.31. The molecule has 10 nitrogen and oxygen atoms in total. The van der Waals surface area contributed by atoms with Gasteiger partial charge in [-0.25, -0.2) is 19.2 Å². The van der Waals surface area contributed by atoms with E-state index in [0.29, 0.717) is 11.5 Å². The quantitative estimate of drug-likeness (QED) is 0.296. The number of fused-ring (bicyclic) bond motifs is 1. The third-order valence-corrected chi connectivity index (χ3v) is 6.69. The number of carbonyl (C=O) groups excluding carboxylic acids is 3. The number of Topliss-reactive ketones (excluding diaryl/α,β-unsaturated/α-hetero) is 2. The summed E-state index contributed by atoms with van der Waals surface area (Å²) in [6.07, 6.45) is 0.158. The molecular weight excluding hydrogens is 495 g/mol. The van der Waals surface area contributed by atoms with Crippen molar-refractivity contribution >= 4 is 40.5 Å². The standard InChI is InChI=1S/C27H35FN4O6/c1-8-27(7,32-24(37)38-25(3,4)5)21(34)15(23(35)36)13-18(33)19-16(28)9-10-17-20(19)30-22(14(2)29-17)31-26(6)11-12-26/h9-10,15H,8,11-13H2,1-7H3,(H,30,31)(H,32,37)(H,35,36). The van der Waals surface area contributed by atoms with Crippen molar-refractivity contribution < 1.29 is 33.4 Å². The van der Waals surface area contributed by atoms with Gasteiger partial charge in [0, 0.05) is 12.0 Å². The second-order valence-corrected chi connectivity index (χ2v) is 11.3. The minimum atomic E-state index is -1.85. The number of carboxylic acids is 1. The van der Waals surface area contributed by atoms with E-state index in [0.717, 1.165) is 18.9 Å². The van der Waals surface area contributed by atoms with E-state index in [9.17, 15) is 24.3 Å². The van der Waals surface area contributed by atoms with E-state index in [1.165, 1.54) is 13.0 Å². The van der Waals surface area contributed by atoms with Crippen LogP contribution in [0.4, 0.5) is 15.0 Å². The molecule has 1 aromatic heterocycles. The molecule has 2 unspecified atom stereocenters. The lowest BCUT2D eigenvalue weighted by atomic mass is 9.82. The predicted molar refractivity (Wildman–Crippen MR) is 139 cm³/mol. The summed E-state index contributed by atoms with van der Waals surface area (Å²) >= 11 is 0. The number of aromatic nitrogens is 2. The number of halogens is 1. The summed E-state index contributed by atoms with van der Waals surface area (Å²) < 4.78 is 20.2. The Kier molecular flexibility index (Phi) is 7.81. The van der Waals surface area contributed by atoms with Crippen molar-refractivity contribution in [1.82, 2.24) is 15.3 Å². The second kappa shape index (κ2) is 10.3. The summed E-state index contributed by atoms with van der Waals surface area (Å²) in [5.74, 6) is -5.72. The number of amides is 1. The number of hydrogen-bond acceptors (Lipinski definition) is 8. The van der Waals surface area contributed by atoms with Gasteiger partial charge >= 0.3 is 12.1 Å². The maximum absolute atomic E-state index is 15.0. The molecule has 1 amide bonds. The number of carbonyl (C=O) groups is 4. The fraction of sp³-hybridized carbons (Fsp3) is 0.556. The molecule has 1 aliphatic carbocycles. The molecule has 1 heterocycles. The molecule has 1 fully saturated rings. The van der Waals surface area contributed by atoms with E-state index in [-0.39, 0.29) is 23.0 Å². The molecular formula is C27H35FN4O6. The SMILES string of the molecule is CCC(C)(NC(=O)OC(C)(C)C)C(=O)C(CC(=O)c1c(F)ccc2nc(C)c(NC3(C)CC3)nc12)C(=O)O. The number of ketones is 2. The van der Waals surface area contributed by atoms with Gasteiger partial charge in [0.25, 0.3) is 0 Å². The molecule has 0 radical (unpaired) electrons. The highest BCUT2D eigenvalue weighted by Crippen LogP contribution is 2.38. The van der Waals surface area contributed by atoms with Crippen LogP contribution in [0.5, 0.6) is 0 Å². The summed E-state index contributed by atoms with van der Waals surface area (Å²) in [6.45, 7) is 11.6. The molecule has 38 heavy (non-hydrogen) atoms. The number of alkyl carbamates (subject to hydrolysis) is 1. The average Bonchev–Trinajstić information content (AvgIpc) is 3.52. The lowest BCUT2D eigenvalue weighted by Crippen LogP contribution is -2.56. The van der Waals surface area contributed by atoms with Crippen LogP contribution in [-0.4, -0.2) is 55.4 Å². The van der Waals surface area contributed by atoms with Crippen molar-refractivity contribution in [3.8, 4) is 0 Å². The van der Waals surface area contributed by atoms with Crippen LogP contribution in [0.3, 0.4) is 0 Å². The van der Waals surface area contributed by atoms with Gasteiger partial charge in [-0.2, -0.15) is 0 Å². The van der Waals surface area contributed by atoms with E-state index in [1.807, 2.05) is 6.92 Å². The van der Waals surface area contributed by atoms with Crippen molar-refractivity contribution in [2.24, 2.45) is 5.92 Å². The number of ether oxygens (including phenoxy) is 1. The fourth-order valence-electron chi connectivity index (χ4n) is 3.98. The predicted octanol–water partition coefficient (Wildman–Crippen LogP) is 4.58. The Bertz CT molecular complexity index is 1300. The van der Waals surface area contributed by atoms with Gasteiger partial charge in [-0.3, -0.25) is 14.4 Å². The first-order valence-electron chi connectivity index (χ1n) is 12.5. The monoisotopic (exact) mass is 530 g/mol. The van der Waals surface area contributed by atoms with Crippen molar-refractivity contribution in [3.63, 3.8) is 0 Å². The topological polar surface area (TPSA) is 148 Å². The van der Waals surface area contributed by atoms with Crippen LogP contribution in [0, 0.1) is 18.7 Å². The summed E-state index contributed by atoms with van der Waals surface area (Å²) in [5.41, 5.74) is -2.26. The first kappa shape index (κ1) is 28.9. The molecule has 0 spiro atoms. The zero-order valence-corrected chi connectivity index (χ0v) is 22.8. The van der Waals surface area contributed by atoms with Gasteiger partial charge in [0.2, 0.25) is 0 Å². The second-order valence-electron chi connectivity index (χ2n) is 11.3. The minimum absolute atomic E-state index is 0.0194. The minimum Gasteiger partial charge on any atom is -0.481 e. The van der Waals surface area contributed by atoms with Gasteiger partial charge < -0.3 is 20.5 Å². The number of benzene rings is 1. The Hall–Kier alpha value is -3.63. The van der Waals surface area contributed by atoms with Gasteiger partial charge in [-0.05, 0) is 72.9 Å². The first-order chi connectivity index (χ1) is 17.5. The zero-order chi connectivity index (χ0) is 28.6. The number of hydrogen-bond donors (Lipinski definition) is 3. The van der Waals surface area contributed by atoms with Crippen LogP contribution in [0.2, 0.25) is 0 Å². The summed E-state index contributed by atoms with van der Waals surface area (Å²) in [6, 6.07) is 2.46. The number of nitrogens with one attached hydrogen (secondary N) is 2. The smallest absolute Gasteiger partial charge is 0.408 e. The van der Waals surface area contributed by atoms with Crippen molar-refractivity contribution in [1.29, 1.82) is 0 Å². The van der Waals surface area contributed by atoms with Crippen LogP contribution >= 0.6 is 0 Å². The van der Waals surface area contributed by atoms with Crippen molar-refractivity contribution in [2.45, 2.75) is 90.8 Å². The lowest BCUT2D eigenvalue weighted by molar-refractivity contribution is -0.148. The van der Waals surface area contributed by atoms with E-state index < -0.39 is 58.5 Å². The highest BCUT2D eigenvalue weighted by molar-refractivity contribution is 6.12. The molecule has 0 bridgehead atoms. The molecule has 1 aromatic carbocycles. The molecule has 1 aliphatic rings. The third-order valence-electron chi connectivity index (χ3n) is 6.69. The molecule has 3 N–H and O–H groups in total. The van der Waals surface area contributed by atoms with E-state index >= 15 is 4.39 Å². The van der Waals surface area contributed by atoms with E-state index in [2.05, 4.69) is 20.6 Å². The summed E-state index contributed by atoms with van der Waals surface area (Å²) in [4.78, 5) is 60.2. The van der Waals surface area contributed by atoms with Gasteiger partial charge in [0.05, 0.1) is 22.3 Å². The number of carboxylic acid groups (broad SMARTS) is 1. The zero-order valence-electron chi connectivity index (χ0n) is 22.8. The van der Waals surface area contributed by atoms with Crippen molar-refractivity contribution in [2.75, 3.05) is 5.32 Å². The van der Waals surface area contributed by atoms with Gasteiger partial charge in [-0.1, -0.05) is 6.92 Å². The molecule has 0 aliphatic heterocycles. The Balaban J connectivity index is 1.94. The number of nitrogens with zero attached hydrogens (tertiary/aromatic N) is 2. The maximum Gasteiger partial charge on any atom is 0.408 e. The number of rotatable bonds is 10. The Morgan fingerprint density at radius 2 is 1.79 bits per heavy atom. The molecule has 1 saturated carbocycles. The van der Waals surface area contributed by atoms with Gasteiger partial charge in [0.1, 0.15) is 28.7 Å². The van der Waals surface area contributed by atoms with Crippen LogP contribution < -0.4 is 10.6 Å². The summed E-state index contributed by atoms with van der Waals surface area (Å²) in [7, 11) is 0. The molecule has 3 rings (SSSR count). The van der Waals surface area contributed by atoms with Gasteiger partial charge in [0.15, 0.2) is 11.6 Å². The van der Waals surface area contributed by atoms with Crippen LogP contribution in [0.25, 0.3) is 11.0 Å². The molecule has 2 aromatic rings. The molecule has 0 saturated heterocycles. The highest BCUT2D eigenvalue weighted by Gasteiger charge is 2.43. The van der Waals surface area contributed by atoms with Crippen molar-refractivity contribution in [3.05, 3.63) is 29.2 Å². The van der Waals surface area contributed by atoms with Gasteiger partial charge in [-0.15, -0.1) is 0 Å². The number of aliphatic carboxylic acids is 1.